The first-order chi connectivity index (χ1) is 22.1. The smallest absolute Gasteiger partial charge is 0.321 e. The highest BCUT2D eigenvalue weighted by molar-refractivity contribution is 7.94. The number of nitrogens with one attached hydrogen (secondary N) is 4. The molecule has 2 amide bonds. The summed E-state index contributed by atoms with van der Waals surface area (Å²) in [5.74, 6) is -2.07. The number of anilines is 3. The van der Waals surface area contributed by atoms with Crippen LogP contribution in [0.15, 0.2) is 74.9 Å². The van der Waals surface area contributed by atoms with Gasteiger partial charge in [-0.2, -0.15) is 16.8 Å². The number of amides is 2. The zero-order chi connectivity index (χ0) is 34.1. The number of carbonyl (C=O) groups excluding carboxylic acids is 2. The summed E-state index contributed by atoms with van der Waals surface area (Å²) >= 11 is 0. The van der Waals surface area contributed by atoms with E-state index in [-0.39, 0.29) is 51.7 Å². The van der Waals surface area contributed by atoms with E-state index in [4.69, 9.17) is 5.73 Å². The number of nitrogens with two attached hydrogens (primary N) is 1. The molecule has 2 aromatic heterocycles. The van der Waals surface area contributed by atoms with Gasteiger partial charge in [0.1, 0.15) is 21.9 Å². The fraction of sp³-hybridized carbons (Fsp3) is 0.207. The first kappa shape index (κ1) is 32.9. The van der Waals surface area contributed by atoms with Gasteiger partial charge in [0.2, 0.25) is 5.91 Å². The Bertz CT molecular complexity index is 2230. The van der Waals surface area contributed by atoms with Gasteiger partial charge in [-0.15, -0.1) is 4.40 Å². The molecule has 246 valence electrons. The number of amidine groups is 1. The number of rotatable bonds is 11. The molecule has 0 fully saturated rings. The van der Waals surface area contributed by atoms with Crippen LogP contribution in [-0.2, 0) is 31.6 Å². The van der Waals surface area contributed by atoms with Crippen LogP contribution in [0.1, 0.15) is 36.2 Å². The molecule has 4 aromatic rings. The Hall–Kier alpha value is -5.49. The van der Waals surface area contributed by atoms with Gasteiger partial charge in [0.15, 0.2) is 5.84 Å². The van der Waals surface area contributed by atoms with Gasteiger partial charge in [-0.3, -0.25) is 28.4 Å². The molecule has 0 spiro atoms. The van der Waals surface area contributed by atoms with Crippen molar-refractivity contribution >= 4 is 66.0 Å². The summed E-state index contributed by atoms with van der Waals surface area (Å²) in [7, 11) is -8.87. The van der Waals surface area contributed by atoms with Crippen LogP contribution in [0.2, 0.25) is 0 Å². The Balaban J connectivity index is 1.43. The molecule has 1 aliphatic rings. The zero-order valence-corrected chi connectivity index (χ0v) is 26.6. The summed E-state index contributed by atoms with van der Waals surface area (Å²) in [4.78, 5) is 40.6. The van der Waals surface area contributed by atoms with Gasteiger partial charge in [0.25, 0.3) is 21.5 Å². The second kappa shape index (κ2) is 12.7. The molecule has 16 nitrogen and oxygen atoms in total. The number of aryl methyl sites for hydroxylation is 1. The molecule has 0 unspecified atom stereocenters. The van der Waals surface area contributed by atoms with E-state index < -0.39 is 60.6 Å². The highest BCUT2D eigenvalue weighted by atomic mass is 32.2. The average molecular weight is 683 g/mol. The number of aromatic nitrogens is 2. The van der Waals surface area contributed by atoms with Gasteiger partial charge < -0.3 is 21.5 Å². The van der Waals surface area contributed by atoms with Crippen molar-refractivity contribution in [3.8, 4) is 5.75 Å². The second-order valence-electron chi connectivity index (χ2n) is 10.9. The molecule has 0 saturated carbocycles. The van der Waals surface area contributed by atoms with Crippen LogP contribution in [0.5, 0.6) is 5.75 Å². The highest BCUT2D eigenvalue weighted by Gasteiger charge is 2.31. The first-order valence-electron chi connectivity index (χ1n) is 14.1. The largest absolute Gasteiger partial charge is 0.506 e. The van der Waals surface area contributed by atoms with Gasteiger partial charge in [-0.05, 0) is 60.9 Å². The fourth-order valence-corrected chi connectivity index (χ4v) is 6.81. The van der Waals surface area contributed by atoms with E-state index in [2.05, 4.69) is 29.5 Å². The van der Waals surface area contributed by atoms with E-state index in [0.29, 0.717) is 6.42 Å². The molecule has 3 heterocycles. The normalized spacial score (nSPS) is 13.7. The quantitative estimate of drug-likeness (QED) is 0.134. The topological polar surface area (TPSA) is 244 Å². The number of nitrogens with zero attached hydrogens (tertiary/aromatic N) is 3. The summed E-state index contributed by atoms with van der Waals surface area (Å²) in [5, 5.41) is 16.4. The maximum absolute atomic E-state index is 13.6. The lowest BCUT2D eigenvalue weighted by atomic mass is 10.1. The molecule has 47 heavy (non-hydrogen) atoms. The number of hydrogen-bond acceptors (Lipinski definition) is 10. The molecule has 7 N–H and O–H groups in total. The van der Waals surface area contributed by atoms with Crippen molar-refractivity contribution < 1.29 is 31.5 Å². The maximum Gasteiger partial charge on any atom is 0.321 e. The molecule has 0 bridgehead atoms. The Morgan fingerprint density at radius 2 is 1.79 bits per heavy atom. The fourth-order valence-electron chi connectivity index (χ4n) is 4.73. The molecule has 18 heteroatoms. The van der Waals surface area contributed by atoms with E-state index in [1.165, 1.54) is 47.2 Å². The third-order valence-electron chi connectivity index (χ3n) is 6.94. The van der Waals surface area contributed by atoms with E-state index in [1.54, 1.807) is 12.1 Å². The molecule has 0 saturated heterocycles. The van der Waals surface area contributed by atoms with Crippen LogP contribution in [0.3, 0.4) is 0 Å². The van der Waals surface area contributed by atoms with Crippen LogP contribution in [0.25, 0.3) is 11.0 Å². The number of benzene rings is 2. The maximum atomic E-state index is 13.6. The monoisotopic (exact) mass is 682 g/mol. The second-order valence-corrected chi connectivity index (χ2v) is 13.9. The predicted octanol–water partition coefficient (Wildman–Crippen LogP) is 1.69. The summed E-state index contributed by atoms with van der Waals surface area (Å²) in [6.07, 6.45) is 2.09. The minimum Gasteiger partial charge on any atom is -0.506 e. The van der Waals surface area contributed by atoms with Crippen molar-refractivity contribution in [3.63, 3.8) is 0 Å². The molecule has 5 rings (SSSR count). The number of sulfonamides is 1. The van der Waals surface area contributed by atoms with Gasteiger partial charge in [0.05, 0.1) is 29.0 Å². The van der Waals surface area contributed by atoms with Crippen molar-refractivity contribution in [2.45, 2.75) is 31.7 Å². The number of hydrogen-bond donors (Lipinski definition) is 6. The molecule has 0 atom stereocenters. The lowest BCUT2D eigenvalue weighted by Gasteiger charge is -2.21. The SMILES string of the molecule is CC(C)CCn1c(=O)c(C2=NS(=O)(=O)c3cc(NS(=O)(=O)Nc4cccc(C(=O)NCC(N)=O)c4)ccc3N2)c(O)c2cccnc21. The minimum absolute atomic E-state index is 0.00448. The lowest BCUT2D eigenvalue weighted by molar-refractivity contribution is -0.117. The molecule has 0 aliphatic carbocycles. The van der Waals surface area contributed by atoms with Crippen LogP contribution in [0, 0.1) is 5.92 Å². The molecule has 2 aromatic carbocycles. The Kier molecular flexibility index (Phi) is 8.90. The lowest BCUT2D eigenvalue weighted by Crippen LogP contribution is -2.33. The standard InChI is InChI=1S/C29H30N8O8S2/c1-16(2)10-12-37-27-20(7-4-11-31-27)25(39)24(29(37)41)26-33-21-9-8-19(14-22(21)46(42,43)36-26)35-47(44,45)34-18-6-3-5-17(13-18)28(40)32-15-23(30)38/h3-9,11,13-14,16,34-35,39H,10,12,15H2,1-2H3,(H2,30,38)(H,32,40)(H,33,36). The van der Waals surface area contributed by atoms with Gasteiger partial charge in [0, 0.05) is 18.3 Å². The minimum atomic E-state index is -4.51. The summed E-state index contributed by atoms with van der Waals surface area (Å²) in [5.41, 5.74) is 4.10. The van der Waals surface area contributed by atoms with E-state index >= 15 is 0 Å². The van der Waals surface area contributed by atoms with Crippen LogP contribution >= 0.6 is 0 Å². The Labute approximate surface area is 269 Å². The third-order valence-corrected chi connectivity index (χ3v) is 9.26. The van der Waals surface area contributed by atoms with Gasteiger partial charge >= 0.3 is 10.2 Å². The Morgan fingerprint density at radius 3 is 2.49 bits per heavy atom. The summed E-state index contributed by atoms with van der Waals surface area (Å²) in [6, 6.07) is 12.1. The van der Waals surface area contributed by atoms with Gasteiger partial charge in [-0.1, -0.05) is 19.9 Å². The number of pyridine rings is 2. The first-order valence-corrected chi connectivity index (χ1v) is 17.0. The highest BCUT2D eigenvalue weighted by Crippen LogP contribution is 2.34. The van der Waals surface area contributed by atoms with Crippen molar-refractivity contribution in [2.75, 3.05) is 21.3 Å². The molecule has 1 aliphatic heterocycles. The average Bonchev–Trinajstić information content (AvgIpc) is 2.99. The van der Waals surface area contributed by atoms with E-state index in [0.717, 1.165) is 6.07 Å². The van der Waals surface area contributed by atoms with Crippen molar-refractivity contribution in [2.24, 2.45) is 16.0 Å². The van der Waals surface area contributed by atoms with Crippen LogP contribution < -0.4 is 31.4 Å². The van der Waals surface area contributed by atoms with Crippen molar-refractivity contribution in [1.82, 2.24) is 14.9 Å². The zero-order valence-electron chi connectivity index (χ0n) is 25.0. The summed E-state index contributed by atoms with van der Waals surface area (Å²) in [6.45, 7) is 3.82. The molecule has 0 radical (unpaired) electrons. The predicted molar refractivity (Wildman–Crippen MR) is 175 cm³/mol. The number of primary amides is 1. The molecular formula is C29H30N8O8S2. The number of aromatic hydroxyl groups is 1. The number of carbonyl (C=O) groups is 2. The van der Waals surface area contributed by atoms with Crippen molar-refractivity contribution in [1.29, 1.82) is 0 Å². The summed E-state index contributed by atoms with van der Waals surface area (Å²) < 4.78 is 62.1. The van der Waals surface area contributed by atoms with Gasteiger partial charge in [-0.25, -0.2) is 4.98 Å². The van der Waals surface area contributed by atoms with E-state index in [1.807, 2.05) is 13.8 Å². The molecular weight excluding hydrogens is 653 g/mol. The van der Waals surface area contributed by atoms with E-state index in [9.17, 15) is 36.3 Å². The Morgan fingerprint density at radius 1 is 1.06 bits per heavy atom. The van der Waals surface area contributed by atoms with Crippen molar-refractivity contribution in [3.05, 3.63) is 82.3 Å². The number of fused-ring (bicyclic) bond motifs is 2. The third kappa shape index (κ3) is 7.17. The van der Waals surface area contributed by atoms with Crippen LogP contribution in [0.4, 0.5) is 17.1 Å². The van der Waals surface area contributed by atoms with Crippen LogP contribution in [-0.4, -0.2) is 55.7 Å².